The van der Waals surface area contributed by atoms with E-state index in [4.69, 9.17) is 0 Å². The number of hydrogen-bond acceptors (Lipinski definition) is 3. The Morgan fingerprint density at radius 1 is 1.54 bits per heavy atom. The Bertz CT molecular complexity index is 293. The zero-order valence-electron chi connectivity index (χ0n) is 7.53. The third-order valence-corrected chi connectivity index (χ3v) is 2.93. The average molecular weight is 175 g/mol. The molecule has 0 bridgehead atoms. The largest absolute Gasteiger partial charge is 0.354 e. The molecule has 3 rings (SSSR count). The fourth-order valence-electron chi connectivity index (χ4n) is 2.25. The number of hydrogen-bond donors (Lipinski definition) is 1. The van der Waals surface area contributed by atoms with Gasteiger partial charge in [-0.05, 0) is 18.9 Å². The topological polar surface area (TPSA) is 28.2 Å². The van der Waals surface area contributed by atoms with Crippen LogP contribution in [0.5, 0.6) is 0 Å². The molecule has 1 N–H and O–H groups in total. The fourth-order valence-corrected chi connectivity index (χ4v) is 2.25. The van der Waals surface area contributed by atoms with Crippen LogP contribution in [-0.2, 0) is 6.54 Å². The van der Waals surface area contributed by atoms with E-state index in [1.165, 1.54) is 24.9 Å². The SMILES string of the molecule is c1cnc2c(c1)CN1CCC[C@@H]1N2. The van der Waals surface area contributed by atoms with Gasteiger partial charge in [0, 0.05) is 24.8 Å². The third kappa shape index (κ3) is 1.11. The van der Waals surface area contributed by atoms with Crippen LogP contribution in [-0.4, -0.2) is 22.6 Å². The van der Waals surface area contributed by atoms with Crippen molar-refractivity contribution in [2.24, 2.45) is 0 Å². The van der Waals surface area contributed by atoms with E-state index in [0.717, 1.165) is 12.4 Å². The number of rotatable bonds is 0. The summed E-state index contributed by atoms with van der Waals surface area (Å²) in [6, 6.07) is 4.17. The zero-order valence-corrected chi connectivity index (χ0v) is 7.53. The zero-order chi connectivity index (χ0) is 8.67. The molecule has 1 aromatic rings. The summed E-state index contributed by atoms with van der Waals surface area (Å²) < 4.78 is 0. The van der Waals surface area contributed by atoms with Gasteiger partial charge in [-0.25, -0.2) is 4.98 Å². The minimum Gasteiger partial charge on any atom is -0.354 e. The summed E-state index contributed by atoms with van der Waals surface area (Å²) in [7, 11) is 0. The first-order valence-corrected chi connectivity index (χ1v) is 4.88. The quantitative estimate of drug-likeness (QED) is 0.646. The van der Waals surface area contributed by atoms with Crippen molar-refractivity contribution in [1.82, 2.24) is 9.88 Å². The van der Waals surface area contributed by atoms with E-state index in [9.17, 15) is 0 Å². The van der Waals surface area contributed by atoms with E-state index < -0.39 is 0 Å². The van der Waals surface area contributed by atoms with E-state index in [-0.39, 0.29) is 0 Å². The summed E-state index contributed by atoms with van der Waals surface area (Å²) in [6.07, 6.45) is 4.97. The second-order valence-corrected chi connectivity index (χ2v) is 3.78. The lowest BCUT2D eigenvalue weighted by Gasteiger charge is -2.31. The number of anilines is 1. The molecule has 2 aliphatic rings. The Morgan fingerprint density at radius 3 is 3.54 bits per heavy atom. The predicted octanol–water partition coefficient (Wildman–Crippen LogP) is 1.43. The number of pyridine rings is 1. The molecule has 2 aliphatic heterocycles. The lowest BCUT2D eigenvalue weighted by molar-refractivity contribution is 0.255. The molecule has 0 saturated carbocycles. The number of nitrogens with one attached hydrogen (secondary N) is 1. The maximum absolute atomic E-state index is 4.34. The van der Waals surface area contributed by atoms with Crippen LogP contribution in [0.3, 0.4) is 0 Å². The maximum atomic E-state index is 4.34. The number of fused-ring (bicyclic) bond motifs is 2. The molecule has 0 unspecified atom stereocenters. The molecule has 0 aromatic carbocycles. The van der Waals surface area contributed by atoms with Gasteiger partial charge in [-0.2, -0.15) is 0 Å². The summed E-state index contributed by atoms with van der Waals surface area (Å²) in [6.45, 7) is 2.30. The van der Waals surface area contributed by atoms with Crippen LogP contribution in [0.25, 0.3) is 0 Å². The standard InChI is InChI=1S/C10H13N3/c1-3-8-7-13-6-2-4-9(13)12-10(8)11-5-1/h1,3,5,9H,2,4,6-7H2,(H,11,12)/t9-/m1/s1. The summed E-state index contributed by atoms with van der Waals surface area (Å²) in [5.74, 6) is 1.09. The van der Waals surface area contributed by atoms with Crippen LogP contribution >= 0.6 is 0 Å². The molecule has 0 amide bonds. The van der Waals surface area contributed by atoms with Gasteiger partial charge >= 0.3 is 0 Å². The van der Waals surface area contributed by atoms with E-state index in [2.05, 4.69) is 21.3 Å². The van der Waals surface area contributed by atoms with Gasteiger partial charge in [-0.1, -0.05) is 6.07 Å². The highest BCUT2D eigenvalue weighted by atomic mass is 15.3. The Morgan fingerprint density at radius 2 is 2.54 bits per heavy atom. The summed E-state index contributed by atoms with van der Waals surface area (Å²) >= 11 is 0. The smallest absolute Gasteiger partial charge is 0.131 e. The molecule has 13 heavy (non-hydrogen) atoms. The van der Waals surface area contributed by atoms with Gasteiger partial charge in [0.25, 0.3) is 0 Å². The minimum atomic E-state index is 0.544. The van der Waals surface area contributed by atoms with E-state index in [1.54, 1.807) is 0 Å². The number of nitrogens with zero attached hydrogens (tertiary/aromatic N) is 2. The first-order chi connectivity index (χ1) is 6.43. The van der Waals surface area contributed by atoms with Crippen LogP contribution in [0, 0.1) is 0 Å². The van der Waals surface area contributed by atoms with Crippen LogP contribution in [0.4, 0.5) is 5.82 Å². The highest BCUT2D eigenvalue weighted by Crippen LogP contribution is 2.28. The van der Waals surface area contributed by atoms with Gasteiger partial charge in [-0.3, -0.25) is 4.90 Å². The molecule has 68 valence electrons. The molecule has 0 spiro atoms. The van der Waals surface area contributed by atoms with Crippen molar-refractivity contribution >= 4 is 5.82 Å². The van der Waals surface area contributed by atoms with E-state index in [0.29, 0.717) is 6.17 Å². The molecule has 1 aromatic heterocycles. The Labute approximate surface area is 77.8 Å². The third-order valence-electron chi connectivity index (χ3n) is 2.93. The Balaban J connectivity index is 1.97. The lowest BCUT2D eigenvalue weighted by Crippen LogP contribution is -2.39. The monoisotopic (exact) mass is 175 g/mol. The van der Waals surface area contributed by atoms with Gasteiger partial charge < -0.3 is 5.32 Å². The summed E-state index contributed by atoms with van der Waals surface area (Å²) in [4.78, 5) is 6.83. The Kier molecular flexibility index (Phi) is 1.52. The van der Waals surface area contributed by atoms with E-state index >= 15 is 0 Å². The first kappa shape index (κ1) is 7.33. The van der Waals surface area contributed by atoms with Crippen LogP contribution < -0.4 is 5.32 Å². The summed E-state index contributed by atoms with van der Waals surface area (Å²) in [5, 5.41) is 3.47. The first-order valence-electron chi connectivity index (χ1n) is 4.88. The highest BCUT2D eigenvalue weighted by molar-refractivity contribution is 5.46. The normalized spacial score (nSPS) is 26.3. The molecular weight excluding hydrogens is 162 g/mol. The highest BCUT2D eigenvalue weighted by Gasteiger charge is 2.29. The minimum absolute atomic E-state index is 0.544. The van der Waals surface area contributed by atoms with Crippen molar-refractivity contribution < 1.29 is 0 Å². The van der Waals surface area contributed by atoms with Gasteiger partial charge in [-0.15, -0.1) is 0 Å². The molecule has 0 aliphatic carbocycles. The Hall–Kier alpha value is -1.09. The summed E-state index contributed by atoms with van der Waals surface area (Å²) in [5.41, 5.74) is 1.33. The molecule has 3 heteroatoms. The van der Waals surface area contributed by atoms with Crippen molar-refractivity contribution in [3.8, 4) is 0 Å². The van der Waals surface area contributed by atoms with Crippen LogP contribution in [0.1, 0.15) is 18.4 Å². The van der Waals surface area contributed by atoms with Crippen LogP contribution in [0.2, 0.25) is 0 Å². The van der Waals surface area contributed by atoms with E-state index in [1.807, 2.05) is 12.3 Å². The van der Waals surface area contributed by atoms with Crippen molar-refractivity contribution in [3.63, 3.8) is 0 Å². The average Bonchev–Trinajstić information content (AvgIpc) is 2.61. The lowest BCUT2D eigenvalue weighted by atomic mass is 10.2. The van der Waals surface area contributed by atoms with Crippen molar-refractivity contribution in [2.45, 2.75) is 25.6 Å². The maximum Gasteiger partial charge on any atom is 0.131 e. The van der Waals surface area contributed by atoms with Crippen molar-refractivity contribution in [2.75, 3.05) is 11.9 Å². The van der Waals surface area contributed by atoms with Crippen molar-refractivity contribution in [3.05, 3.63) is 23.9 Å². The molecule has 3 heterocycles. The molecule has 1 atom stereocenters. The van der Waals surface area contributed by atoms with Gasteiger partial charge in [0.05, 0.1) is 6.17 Å². The molecule has 0 radical (unpaired) electrons. The van der Waals surface area contributed by atoms with Crippen LogP contribution in [0.15, 0.2) is 18.3 Å². The molecular formula is C10H13N3. The van der Waals surface area contributed by atoms with Gasteiger partial charge in [0.2, 0.25) is 0 Å². The van der Waals surface area contributed by atoms with Gasteiger partial charge in [0.15, 0.2) is 0 Å². The molecule has 1 saturated heterocycles. The molecule has 3 nitrogen and oxygen atoms in total. The number of aromatic nitrogens is 1. The second kappa shape index (κ2) is 2.70. The second-order valence-electron chi connectivity index (χ2n) is 3.78. The van der Waals surface area contributed by atoms with Crippen molar-refractivity contribution in [1.29, 1.82) is 0 Å². The molecule has 1 fully saturated rings. The fraction of sp³-hybridized carbons (Fsp3) is 0.500. The predicted molar refractivity (Wildman–Crippen MR) is 51.3 cm³/mol. The van der Waals surface area contributed by atoms with Gasteiger partial charge in [0.1, 0.15) is 5.82 Å².